The summed E-state index contributed by atoms with van der Waals surface area (Å²) in [6.07, 6.45) is 8.34. The molecular weight excluding hydrogens is 247 g/mol. The van der Waals surface area contributed by atoms with Crippen molar-refractivity contribution < 1.29 is 9.53 Å². The molecule has 0 bridgehead atoms. The first-order valence-electron chi connectivity index (χ1n) is 6.03. The fourth-order valence-electron chi connectivity index (χ4n) is 1.35. The topological polar surface area (TPSA) is 26.3 Å². The Morgan fingerprint density at radius 3 is 2.06 bits per heavy atom. The second kappa shape index (κ2) is 9.12. The lowest BCUT2D eigenvalue weighted by atomic mass is 10.1. The molecule has 16 heavy (non-hydrogen) atoms. The Kier molecular flexibility index (Phi) is 9.15. The van der Waals surface area contributed by atoms with Crippen LogP contribution in [-0.2, 0) is 9.53 Å². The number of hydrogen-bond acceptors (Lipinski definition) is 2. The predicted octanol–water partition coefficient (Wildman–Crippen LogP) is 4.47. The van der Waals surface area contributed by atoms with Crippen molar-refractivity contribution in [2.24, 2.45) is 0 Å². The molecule has 0 fully saturated rings. The van der Waals surface area contributed by atoms with Crippen LogP contribution in [0, 0.1) is 0 Å². The molecule has 0 spiro atoms. The van der Waals surface area contributed by atoms with Gasteiger partial charge in [-0.25, -0.2) is 4.79 Å². The first-order chi connectivity index (χ1) is 7.48. The predicted molar refractivity (Wildman–Crippen MR) is 69.1 cm³/mol. The van der Waals surface area contributed by atoms with Gasteiger partial charge >= 0.3 is 5.97 Å². The van der Waals surface area contributed by atoms with Gasteiger partial charge in [0.05, 0.1) is 6.61 Å². The number of rotatable bonds is 9. The van der Waals surface area contributed by atoms with Gasteiger partial charge in [-0.05, 0) is 13.3 Å². The van der Waals surface area contributed by atoms with Crippen LogP contribution in [0.3, 0.4) is 0 Å². The largest absolute Gasteiger partial charge is 0.463 e. The molecule has 0 aromatic carbocycles. The van der Waals surface area contributed by atoms with Crippen molar-refractivity contribution in [1.82, 2.24) is 0 Å². The van der Waals surface area contributed by atoms with Crippen molar-refractivity contribution in [1.29, 1.82) is 0 Å². The van der Waals surface area contributed by atoms with Crippen molar-refractivity contribution in [2.75, 3.05) is 6.61 Å². The molecule has 0 aromatic rings. The highest BCUT2D eigenvalue weighted by molar-refractivity contribution is 6.57. The van der Waals surface area contributed by atoms with E-state index in [4.69, 9.17) is 27.9 Å². The van der Waals surface area contributed by atoms with E-state index in [9.17, 15) is 4.79 Å². The normalized spacial score (nSPS) is 11.5. The molecule has 0 amide bonds. The molecule has 96 valence electrons. The maximum absolute atomic E-state index is 11.2. The number of carbonyl (C=O) groups is 1. The van der Waals surface area contributed by atoms with E-state index in [0.29, 0.717) is 6.61 Å². The lowest BCUT2D eigenvalue weighted by Crippen LogP contribution is -2.24. The van der Waals surface area contributed by atoms with Crippen molar-refractivity contribution in [3.05, 3.63) is 0 Å². The van der Waals surface area contributed by atoms with Gasteiger partial charge in [0.2, 0.25) is 4.33 Å². The van der Waals surface area contributed by atoms with Crippen molar-refractivity contribution in [2.45, 2.75) is 63.1 Å². The standard InChI is InChI=1S/C12H22Cl2O2/c1-3-4-5-6-7-8-9-10-16-11(15)12(2,13)14/h3-10H2,1-2H3. The Labute approximate surface area is 109 Å². The maximum Gasteiger partial charge on any atom is 0.342 e. The van der Waals surface area contributed by atoms with Crippen LogP contribution in [0.5, 0.6) is 0 Å². The summed E-state index contributed by atoms with van der Waals surface area (Å²) in [6, 6.07) is 0. The smallest absolute Gasteiger partial charge is 0.342 e. The Balaban J connectivity index is 3.25. The van der Waals surface area contributed by atoms with Gasteiger partial charge in [-0.1, -0.05) is 68.7 Å². The molecule has 0 N–H and O–H groups in total. The minimum atomic E-state index is -1.42. The van der Waals surface area contributed by atoms with Crippen LogP contribution < -0.4 is 0 Å². The maximum atomic E-state index is 11.2. The number of halogens is 2. The quantitative estimate of drug-likeness (QED) is 0.350. The van der Waals surface area contributed by atoms with E-state index in [2.05, 4.69) is 6.92 Å². The van der Waals surface area contributed by atoms with Gasteiger partial charge in [0.25, 0.3) is 0 Å². The summed E-state index contributed by atoms with van der Waals surface area (Å²) in [5.41, 5.74) is 0. The summed E-state index contributed by atoms with van der Waals surface area (Å²) in [7, 11) is 0. The lowest BCUT2D eigenvalue weighted by molar-refractivity contribution is -0.144. The van der Waals surface area contributed by atoms with Crippen LogP contribution in [0.4, 0.5) is 0 Å². The van der Waals surface area contributed by atoms with Crippen molar-refractivity contribution in [3.8, 4) is 0 Å². The molecule has 0 rings (SSSR count). The highest BCUT2D eigenvalue weighted by atomic mass is 35.5. The Morgan fingerprint density at radius 2 is 1.56 bits per heavy atom. The van der Waals surface area contributed by atoms with Gasteiger partial charge in [0.15, 0.2) is 0 Å². The number of alkyl halides is 2. The van der Waals surface area contributed by atoms with E-state index < -0.39 is 10.3 Å². The third kappa shape index (κ3) is 9.29. The molecule has 0 radical (unpaired) electrons. The van der Waals surface area contributed by atoms with Crippen molar-refractivity contribution >= 4 is 29.2 Å². The number of ether oxygens (including phenoxy) is 1. The molecule has 0 heterocycles. The van der Waals surface area contributed by atoms with Crippen LogP contribution in [0.1, 0.15) is 58.8 Å². The average Bonchev–Trinajstić information content (AvgIpc) is 2.20. The zero-order chi connectivity index (χ0) is 12.4. The highest BCUT2D eigenvalue weighted by Crippen LogP contribution is 2.21. The number of unbranched alkanes of at least 4 members (excludes halogenated alkanes) is 6. The molecule has 0 saturated heterocycles. The zero-order valence-electron chi connectivity index (χ0n) is 10.2. The minimum absolute atomic E-state index is 0.418. The van der Waals surface area contributed by atoms with Crippen molar-refractivity contribution in [3.63, 3.8) is 0 Å². The fourth-order valence-corrected chi connectivity index (χ4v) is 1.46. The summed E-state index contributed by atoms with van der Waals surface area (Å²) >= 11 is 11.1. The summed E-state index contributed by atoms with van der Waals surface area (Å²) in [4.78, 5) is 11.2. The van der Waals surface area contributed by atoms with E-state index in [-0.39, 0.29) is 0 Å². The fraction of sp³-hybridized carbons (Fsp3) is 0.917. The second-order valence-corrected chi connectivity index (χ2v) is 5.85. The number of esters is 1. The average molecular weight is 269 g/mol. The van der Waals surface area contributed by atoms with Gasteiger partial charge in [-0.15, -0.1) is 0 Å². The first kappa shape index (κ1) is 16.1. The Morgan fingerprint density at radius 1 is 1.06 bits per heavy atom. The van der Waals surface area contributed by atoms with E-state index >= 15 is 0 Å². The Bertz CT molecular complexity index is 188. The van der Waals surface area contributed by atoms with Crippen LogP contribution in [-0.4, -0.2) is 16.9 Å². The summed E-state index contributed by atoms with van der Waals surface area (Å²) in [6.45, 7) is 4.04. The molecule has 0 aliphatic rings. The van der Waals surface area contributed by atoms with Crippen LogP contribution in [0.2, 0.25) is 0 Å². The van der Waals surface area contributed by atoms with E-state index in [1.54, 1.807) is 0 Å². The highest BCUT2D eigenvalue weighted by Gasteiger charge is 2.28. The zero-order valence-corrected chi connectivity index (χ0v) is 11.7. The van der Waals surface area contributed by atoms with Crippen LogP contribution >= 0.6 is 23.2 Å². The third-order valence-electron chi connectivity index (χ3n) is 2.34. The molecule has 2 nitrogen and oxygen atoms in total. The minimum Gasteiger partial charge on any atom is -0.463 e. The first-order valence-corrected chi connectivity index (χ1v) is 6.79. The number of carbonyl (C=O) groups excluding carboxylic acids is 1. The molecule has 0 saturated carbocycles. The third-order valence-corrected chi connectivity index (χ3v) is 2.65. The van der Waals surface area contributed by atoms with Crippen LogP contribution in [0.15, 0.2) is 0 Å². The van der Waals surface area contributed by atoms with Gasteiger partial charge in [-0.2, -0.15) is 0 Å². The van der Waals surface area contributed by atoms with Gasteiger partial charge in [0.1, 0.15) is 0 Å². The van der Waals surface area contributed by atoms with E-state index in [1.807, 2.05) is 0 Å². The van der Waals surface area contributed by atoms with Crippen LogP contribution in [0.25, 0.3) is 0 Å². The van der Waals surface area contributed by atoms with Gasteiger partial charge in [-0.3, -0.25) is 0 Å². The summed E-state index contributed by atoms with van der Waals surface area (Å²) < 4.78 is 3.52. The SMILES string of the molecule is CCCCCCCCCOC(=O)C(C)(Cl)Cl. The van der Waals surface area contributed by atoms with E-state index in [0.717, 1.165) is 12.8 Å². The molecule has 4 heteroatoms. The summed E-state index contributed by atoms with van der Waals surface area (Å²) in [5, 5.41) is 0. The number of hydrogen-bond donors (Lipinski definition) is 0. The van der Waals surface area contributed by atoms with Gasteiger partial charge in [0, 0.05) is 0 Å². The Hall–Kier alpha value is 0.0500. The molecular formula is C12H22Cl2O2. The van der Waals surface area contributed by atoms with Gasteiger partial charge < -0.3 is 4.74 Å². The lowest BCUT2D eigenvalue weighted by Gasteiger charge is -2.12. The molecule has 0 aromatic heterocycles. The molecule has 0 aliphatic heterocycles. The molecule has 0 aliphatic carbocycles. The van der Waals surface area contributed by atoms with E-state index in [1.165, 1.54) is 39.0 Å². The molecule has 0 unspecified atom stereocenters. The summed E-state index contributed by atoms with van der Waals surface area (Å²) in [5.74, 6) is -0.554. The second-order valence-electron chi connectivity index (χ2n) is 4.15. The monoisotopic (exact) mass is 268 g/mol. The molecule has 0 atom stereocenters.